The summed E-state index contributed by atoms with van der Waals surface area (Å²) < 4.78 is 5.37. The Labute approximate surface area is 116 Å². The summed E-state index contributed by atoms with van der Waals surface area (Å²) in [6, 6.07) is 6.31. The fourth-order valence-electron chi connectivity index (χ4n) is 2.04. The molecule has 0 amide bonds. The van der Waals surface area contributed by atoms with Crippen LogP contribution >= 0.6 is 0 Å². The maximum absolute atomic E-state index is 10.8. The van der Waals surface area contributed by atoms with E-state index >= 15 is 0 Å². The van der Waals surface area contributed by atoms with Crippen LogP contribution in [0.4, 0.5) is 0 Å². The highest BCUT2D eigenvalue weighted by atomic mass is 16.5. The molecule has 1 N–H and O–H groups in total. The van der Waals surface area contributed by atoms with E-state index in [1.165, 1.54) is 11.1 Å². The van der Waals surface area contributed by atoms with Crippen molar-refractivity contribution in [2.24, 2.45) is 0 Å². The number of nitrogens with one attached hydrogen (secondary N) is 1. The van der Waals surface area contributed by atoms with E-state index in [1.807, 2.05) is 6.07 Å². The van der Waals surface area contributed by atoms with E-state index in [-0.39, 0.29) is 5.78 Å². The lowest BCUT2D eigenvalue weighted by molar-refractivity contribution is -0.117. The zero-order chi connectivity index (χ0) is 14.3. The second-order valence-corrected chi connectivity index (χ2v) is 5.21. The van der Waals surface area contributed by atoms with E-state index in [4.69, 9.17) is 4.74 Å². The number of Topliss-reactive ketones (excluding diaryl/α,β-unsaturated/α-hetero) is 1. The summed E-state index contributed by atoms with van der Waals surface area (Å²) in [4.78, 5) is 10.8. The Morgan fingerprint density at radius 2 is 2.11 bits per heavy atom. The quantitative estimate of drug-likeness (QED) is 0.731. The van der Waals surface area contributed by atoms with Crippen LogP contribution in [-0.2, 0) is 11.3 Å². The third-order valence-corrected chi connectivity index (χ3v) is 3.13. The van der Waals surface area contributed by atoms with E-state index in [0.717, 1.165) is 25.3 Å². The molecule has 0 spiro atoms. The Kier molecular flexibility index (Phi) is 6.57. The van der Waals surface area contributed by atoms with Crippen molar-refractivity contribution in [1.29, 1.82) is 0 Å². The highest BCUT2D eigenvalue weighted by molar-refractivity contribution is 5.75. The van der Waals surface area contributed by atoms with E-state index in [0.29, 0.717) is 12.3 Å². The molecule has 19 heavy (non-hydrogen) atoms. The van der Waals surface area contributed by atoms with Crippen molar-refractivity contribution in [1.82, 2.24) is 5.32 Å². The zero-order valence-electron chi connectivity index (χ0n) is 12.5. The standard InChI is InChI=1S/C16H25NO2/c1-12(2)15-10-14(7-8-16(15)19-4)11-17-9-5-6-13(3)18/h7-8,10,12,17H,5-6,9,11H2,1-4H3. The first-order chi connectivity index (χ1) is 9.04. The van der Waals surface area contributed by atoms with Crippen LogP contribution in [0.2, 0.25) is 0 Å². The van der Waals surface area contributed by atoms with Gasteiger partial charge in [0.25, 0.3) is 0 Å². The predicted molar refractivity (Wildman–Crippen MR) is 78.7 cm³/mol. The second-order valence-electron chi connectivity index (χ2n) is 5.21. The van der Waals surface area contributed by atoms with Gasteiger partial charge in [0.05, 0.1) is 7.11 Å². The van der Waals surface area contributed by atoms with E-state index in [9.17, 15) is 4.79 Å². The summed E-state index contributed by atoms with van der Waals surface area (Å²) in [5.41, 5.74) is 2.50. The number of benzene rings is 1. The lowest BCUT2D eigenvalue weighted by atomic mass is 9.99. The summed E-state index contributed by atoms with van der Waals surface area (Å²) in [5, 5.41) is 3.37. The molecule has 1 aromatic carbocycles. The smallest absolute Gasteiger partial charge is 0.129 e. The molecule has 0 atom stereocenters. The monoisotopic (exact) mass is 263 g/mol. The number of carbonyl (C=O) groups excluding carboxylic acids is 1. The van der Waals surface area contributed by atoms with E-state index < -0.39 is 0 Å². The number of rotatable bonds is 8. The Balaban J connectivity index is 2.50. The first-order valence-electron chi connectivity index (χ1n) is 6.91. The Bertz CT molecular complexity index is 413. The molecule has 106 valence electrons. The number of methoxy groups -OCH3 is 1. The lowest BCUT2D eigenvalue weighted by Gasteiger charge is -2.14. The molecule has 0 saturated heterocycles. The summed E-state index contributed by atoms with van der Waals surface area (Å²) >= 11 is 0. The molecule has 0 bridgehead atoms. The fourth-order valence-corrected chi connectivity index (χ4v) is 2.04. The molecule has 3 nitrogen and oxygen atoms in total. The Morgan fingerprint density at radius 3 is 2.68 bits per heavy atom. The molecule has 0 fully saturated rings. The molecular formula is C16H25NO2. The van der Waals surface area contributed by atoms with Crippen molar-refractivity contribution in [2.45, 2.75) is 46.1 Å². The van der Waals surface area contributed by atoms with Crippen LogP contribution in [0.3, 0.4) is 0 Å². The molecule has 0 aromatic heterocycles. The number of hydrogen-bond acceptors (Lipinski definition) is 3. The van der Waals surface area contributed by atoms with Gasteiger partial charge in [0, 0.05) is 13.0 Å². The van der Waals surface area contributed by atoms with Gasteiger partial charge in [-0.1, -0.05) is 26.0 Å². The summed E-state index contributed by atoms with van der Waals surface area (Å²) in [7, 11) is 1.71. The van der Waals surface area contributed by atoms with Crippen LogP contribution < -0.4 is 10.1 Å². The molecule has 1 aromatic rings. The van der Waals surface area contributed by atoms with Crippen LogP contribution in [0.15, 0.2) is 18.2 Å². The third kappa shape index (κ3) is 5.43. The first-order valence-corrected chi connectivity index (χ1v) is 6.91. The first kappa shape index (κ1) is 15.7. The van der Waals surface area contributed by atoms with Crippen LogP contribution in [-0.4, -0.2) is 19.4 Å². The largest absolute Gasteiger partial charge is 0.496 e. The van der Waals surface area contributed by atoms with Gasteiger partial charge in [-0.2, -0.15) is 0 Å². The zero-order valence-corrected chi connectivity index (χ0v) is 12.5. The van der Waals surface area contributed by atoms with Gasteiger partial charge >= 0.3 is 0 Å². The SMILES string of the molecule is COc1ccc(CNCCCC(C)=O)cc1C(C)C. The molecule has 0 heterocycles. The molecule has 0 aliphatic carbocycles. The number of hydrogen-bond donors (Lipinski definition) is 1. The normalized spacial score (nSPS) is 10.8. The minimum atomic E-state index is 0.258. The highest BCUT2D eigenvalue weighted by Crippen LogP contribution is 2.27. The summed E-state index contributed by atoms with van der Waals surface area (Å²) in [6.07, 6.45) is 1.56. The average Bonchev–Trinajstić information content (AvgIpc) is 2.37. The van der Waals surface area contributed by atoms with Crippen LogP contribution in [0.1, 0.15) is 50.7 Å². The Morgan fingerprint density at radius 1 is 1.37 bits per heavy atom. The third-order valence-electron chi connectivity index (χ3n) is 3.13. The van der Waals surface area contributed by atoms with Gasteiger partial charge in [0.1, 0.15) is 11.5 Å². The molecule has 0 aliphatic heterocycles. The minimum Gasteiger partial charge on any atom is -0.496 e. The van der Waals surface area contributed by atoms with Gasteiger partial charge in [-0.25, -0.2) is 0 Å². The van der Waals surface area contributed by atoms with Crippen molar-refractivity contribution in [3.8, 4) is 5.75 Å². The maximum atomic E-state index is 10.8. The van der Waals surface area contributed by atoms with Crippen LogP contribution in [0, 0.1) is 0 Å². The van der Waals surface area contributed by atoms with Gasteiger partial charge < -0.3 is 14.8 Å². The van der Waals surface area contributed by atoms with Gasteiger partial charge in [0.2, 0.25) is 0 Å². The van der Waals surface area contributed by atoms with Crippen molar-refractivity contribution in [2.75, 3.05) is 13.7 Å². The van der Waals surface area contributed by atoms with Gasteiger partial charge in [-0.05, 0) is 43.0 Å². The van der Waals surface area contributed by atoms with Gasteiger partial charge in [-0.3, -0.25) is 0 Å². The molecule has 1 rings (SSSR count). The van der Waals surface area contributed by atoms with Crippen molar-refractivity contribution in [3.63, 3.8) is 0 Å². The lowest BCUT2D eigenvalue weighted by Crippen LogP contribution is -2.15. The minimum absolute atomic E-state index is 0.258. The van der Waals surface area contributed by atoms with E-state index in [1.54, 1.807) is 14.0 Å². The van der Waals surface area contributed by atoms with Crippen LogP contribution in [0.25, 0.3) is 0 Å². The Hall–Kier alpha value is -1.35. The molecular weight excluding hydrogens is 238 g/mol. The molecule has 0 saturated carbocycles. The van der Waals surface area contributed by atoms with Gasteiger partial charge in [0.15, 0.2) is 0 Å². The molecule has 3 heteroatoms. The number of ether oxygens (including phenoxy) is 1. The van der Waals surface area contributed by atoms with Crippen LogP contribution in [0.5, 0.6) is 5.75 Å². The summed E-state index contributed by atoms with van der Waals surface area (Å²) in [6.45, 7) is 7.69. The van der Waals surface area contributed by atoms with Crippen molar-refractivity contribution < 1.29 is 9.53 Å². The number of carbonyl (C=O) groups is 1. The topological polar surface area (TPSA) is 38.3 Å². The highest BCUT2D eigenvalue weighted by Gasteiger charge is 2.08. The molecule has 0 radical (unpaired) electrons. The van der Waals surface area contributed by atoms with E-state index in [2.05, 4.69) is 31.3 Å². The molecule has 0 unspecified atom stereocenters. The van der Waals surface area contributed by atoms with Crippen molar-refractivity contribution in [3.05, 3.63) is 29.3 Å². The maximum Gasteiger partial charge on any atom is 0.129 e. The van der Waals surface area contributed by atoms with Crippen molar-refractivity contribution >= 4 is 5.78 Å². The average molecular weight is 263 g/mol. The molecule has 0 aliphatic rings. The predicted octanol–water partition coefficient (Wildman–Crippen LogP) is 3.28. The number of ketones is 1. The van der Waals surface area contributed by atoms with Gasteiger partial charge in [-0.15, -0.1) is 0 Å². The fraction of sp³-hybridized carbons (Fsp3) is 0.562. The summed E-state index contributed by atoms with van der Waals surface area (Å²) in [5.74, 6) is 1.66. The second kappa shape index (κ2) is 7.95.